The van der Waals surface area contributed by atoms with Crippen LogP contribution in [0.15, 0.2) is 28.7 Å². The maximum absolute atomic E-state index is 3.74. The number of nitrogens with one attached hydrogen (secondary N) is 1. The second kappa shape index (κ2) is 4.97. The van der Waals surface area contributed by atoms with Gasteiger partial charge in [0.25, 0.3) is 0 Å². The summed E-state index contributed by atoms with van der Waals surface area (Å²) in [5.74, 6) is 0.937. The lowest BCUT2D eigenvalue weighted by Crippen LogP contribution is -2.36. The van der Waals surface area contributed by atoms with Gasteiger partial charge < -0.3 is 5.32 Å². The lowest BCUT2D eigenvalue weighted by atomic mass is 9.79. The molecule has 2 fully saturated rings. The molecule has 0 aliphatic heterocycles. The van der Waals surface area contributed by atoms with E-state index in [0.717, 1.165) is 12.0 Å². The van der Waals surface area contributed by atoms with Gasteiger partial charge in [-0.05, 0) is 61.1 Å². The van der Waals surface area contributed by atoms with E-state index in [1.54, 1.807) is 0 Å². The smallest absolute Gasteiger partial charge is 0.0175 e. The molecule has 2 heteroatoms. The summed E-state index contributed by atoms with van der Waals surface area (Å²) in [4.78, 5) is 0. The highest BCUT2D eigenvalue weighted by molar-refractivity contribution is 9.10. The van der Waals surface area contributed by atoms with E-state index >= 15 is 0 Å². The van der Waals surface area contributed by atoms with E-state index in [2.05, 4.69) is 52.4 Å². The minimum Gasteiger partial charge on any atom is -0.313 e. The summed E-state index contributed by atoms with van der Waals surface area (Å²) in [5.41, 5.74) is 1.93. The SMILES string of the molecule is CC(CNC1CC1)(Cc1ccc(Br)cc1)C1CC1. The predicted octanol–water partition coefficient (Wildman–Crippen LogP) is 4.16. The second-order valence-electron chi connectivity index (χ2n) is 6.39. The van der Waals surface area contributed by atoms with Crippen molar-refractivity contribution in [3.05, 3.63) is 34.3 Å². The molecule has 1 unspecified atom stereocenters. The van der Waals surface area contributed by atoms with Gasteiger partial charge in [-0.1, -0.05) is 35.0 Å². The molecular weight excluding hydrogens is 286 g/mol. The standard InChI is InChI=1S/C16H22BrN/c1-16(13-4-5-13,11-18-15-8-9-15)10-12-2-6-14(17)7-3-12/h2-3,6-7,13,15,18H,4-5,8-11H2,1H3. The molecule has 2 aliphatic rings. The average Bonchev–Trinajstić information content (AvgIpc) is 3.21. The molecule has 0 amide bonds. The summed E-state index contributed by atoms with van der Waals surface area (Å²) >= 11 is 3.51. The van der Waals surface area contributed by atoms with E-state index in [1.807, 2.05) is 0 Å². The zero-order valence-electron chi connectivity index (χ0n) is 11.1. The number of hydrogen-bond acceptors (Lipinski definition) is 1. The van der Waals surface area contributed by atoms with Crippen molar-refractivity contribution in [2.45, 2.75) is 45.1 Å². The third kappa shape index (κ3) is 3.16. The Kier molecular flexibility index (Phi) is 3.50. The first-order chi connectivity index (χ1) is 8.66. The fraction of sp³-hybridized carbons (Fsp3) is 0.625. The van der Waals surface area contributed by atoms with Gasteiger partial charge in [-0.25, -0.2) is 0 Å². The normalized spacial score (nSPS) is 22.8. The topological polar surface area (TPSA) is 12.0 Å². The van der Waals surface area contributed by atoms with Crippen LogP contribution in [0.4, 0.5) is 0 Å². The maximum Gasteiger partial charge on any atom is 0.0175 e. The summed E-state index contributed by atoms with van der Waals surface area (Å²) in [6.07, 6.45) is 6.85. The first-order valence-electron chi connectivity index (χ1n) is 7.13. The summed E-state index contributed by atoms with van der Waals surface area (Å²) in [5, 5.41) is 3.74. The Morgan fingerprint density at radius 2 is 1.83 bits per heavy atom. The van der Waals surface area contributed by atoms with E-state index in [4.69, 9.17) is 0 Å². The summed E-state index contributed by atoms with van der Waals surface area (Å²) in [7, 11) is 0. The third-order valence-corrected chi connectivity index (χ3v) is 4.98. The highest BCUT2D eigenvalue weighted by Gasteiger charge is 2.41. The van der Waals surface area contributed by atoms with Crippen LogP contribution in [-0.4, -0.2) is 12.6 Å². The molecule has 0 bridgehead atoms. The van der Waals surface area contributed by atoms with Crippen LogP contribution in [0.25, 0.3) is 0 Å². The minimum atomic E-state index is 0.455. The zero-order chi connectivity index (χ0) is 12.6. The number of hydrogen-bond donors (Lipinski definition) is 1. The first-order valence-corrected chi connectivity index (χ1v) is 7.93. The molecule has 3 rings (SSSR count). The largest absolute Gasteiger partial charge is 0.313 e. The molecular formula is C16H22BrN. The average molecular weight is 308 g/mol. The van der Waals surface area contributed by atoms with E-state index in [0.29, 0.717) is 5.41 Å². The van der Waals surface area contributed by atoms with E-state index < -0.39 is 0 Å². The molecule has 1 atom stereocenters. The molecule has 2 aliphatic carbocycles. The van der Waals surface area contributed by atoms with Crippen LogP contribution < -0.4 is 5.32 Å². The van der Waals surface area contributed by atoms with Gasteiger partial charge in [0.1, 0.15) is 0 Å². The van der Waals surface area contributed by atoms with Gasteiger partial charge in [-0.2, -0.15) is 0 Å². The van der Waals surface area contributed by atoms with Crippen molar-refractivity contribution in [2.75, 3.05) is 6.54 Å². The summed E-state index contributed by atoms with van der Waals surface area (Å²) in [6, 6.07) is 9.69. The van der Waals surface area contributed by atoms with Crippen LogP contribution in [0.3, 0.4) is 0 Å². The van der Waals surface area contributed by atoms with Crippen LogP contribution in [-0.2, 0) is 6.42 Å². The molecule has 0 spiro atoms. The van der Waals surface area contributed by atoms with Gasteiger partial charge in [0.2, 0.25) is 0 Å². The molecule has 18 heavy (non-hydrogen) atoms. The molecule has 1 N–H and O–H groups in total. The lowest BCUT2D eigenvalue weighted by molar-refractivity contribution is 0.255. The van der Waals surface area contributed by atoms with Crippen LogP contribution in [0.1, 0.15) is 38.2 Å². The molecule has 98 valence electrons. The summed E-state index contributed by atoms with van der Waals surface area (Å²) in [6.45, 7) is 3.67. The van der Waals surface area contributed by atoms with Crippen molar-refractivity contribution in [1.82, 2.24) is 5.32 Å². The molecule has 1 nitrogen and oxygen atoms in total. The fourth-order valence-corrected chi connectivity index (χ4v) is 3.13. The summed E-state index contributed by atoms with van der Waals surface area (Å²) < 4.78 is 1.18. The number of halogens is 1. The van der Waals surface area contributed by atoms with E-state index in [9.17, 15) is 0 Å². The molecule has 1 aromatic carbocycles. The van der Waals surface area contributed by atoms with E-state index in [-0.39, 0.29) is 0 Å². The Hall–Kier alpha value is -0.340. The van der Waals surface area contributed by atoms with Crippen molar-refractivity contribution in [1.29, 1.82) is 0 Å². The van der Waals surface area contributed by atoms with Crippen molar-refractivity contribution in [3.63, 3.8) is 0 Å². The predicted molar refractivity (Wildman–Crippen MR) is 79.7 cm³/mol. The Labute approximate surface area is 118 Å². The van der Waals surface area contributed by atoms with Crippen molar-refractivity contribution in [3.8, 4) is 0 Å². The molecule has 0 heterocycles. The van der Waals surface area contributed by atoms with Gasteiger partial charge >= 0.3 is 0 Å². The molecule has 0 aromatic heterocycles. The zero-order valence-corrected chi connectivity index (χ0v) is 12.7. The monoisotopic (exact) mass is 307 g/mol. The fourth-order valence-electron chi connectivity index (χ4n) is 2.86. The third-order valence-electron chi connectivity index (χ3n) is 4.46. The van der Waals surface area contributed by atoms with Crippen LogP contribution in [0.2, 0.25) is 0 Å². The first kappa shape index (κ1) is 12.7. The highest BCUT2D eigenvalue weighted by Crippen LogP contribution is 2.47. The highest BCUT2D eigenvalue weighted by atomic mass is 79.9. The van der Waals surface area contributed by atoms with Crippen LogP contribution >= 0.6 is 15.9 Å². The quantitative estimate of drug-likeness (QED) is 0.832. The molecule has 2 saturated carbocycles. The number of rotatable bonds is 6. The van der Waals surface area contributed by atoms with Gasteiger partial charge in [0.15, 0.2) is 0 Å². The molecule has 0 radical (unpaired) electrons. The Bertz CT molecular complexity index is 406. The van der Waals surface area contributed by atoms with Gasteiger partial charge in [-0.3, -0.25) is 0 Å². The van der Waals surface area contributed by atoms with Crippen molar-refractivity contribution < 1.29 is 0 Å². The lowest BCUT2D eigenvalue weighted by Gasteiger charge is -2.30. The molecule has 0 saturated heterocycles. The van der Waals surface area contributed by atoms with Gasteiger partial charge in [0.05, 0.1) is 0 Å². The maximum atomic E-state index is 3.74. The Morgan fingerprint density at radius 3 is 2.39 bits per heavy atom. The van der Waals surface area contributed by atoms with Crippen molar-refractivity contribution in [2.24, 2.45) is 11.3 Å². The number of benzene rings is 1. The van der Waals surface area contributed by atoms with Crippen molar-refractivity contribution >= 4 is 15.9 Å². The van der Waals surface area contributed by atoms with Gasteiger partial charge in [0, 0.05) is 17.1 Å². The van der Waals surface area contributed by atoms with E-state index in [1.165, 1.54) is 48.7 Å². The van der Waals surface area contributed by atoms with Crippen LogP contribution in [0, 0.1) is 11.3 Å². The Balaban J connectivity index is 1.66. The Morgan fingerprint density at radius 1 is 1.17 bits per heavy atom. The minimum absolute atomic E-state index is 0.455. The second-order valence-corrected chi connectivity index (χ2v) is 7.30. The van der Waals surface area contributed by atoms with Gasteiger partial charge in [-0.15, -0.1) is 0 Å². The molecule has 1 aromatic rings. The van der Waals surface area contributed by atoms with Crippen LogP contribution in [0.5, 0.6) is 0 Å².